The van der Waals surface area contributed by atoms with Crippen LogP contribution in [0.4, 0.5) is 22.7 Å². The second kappa shape index (κ2) is 14.4. The Balaban J connectivity index is 1.12. The molecule has 0 saturated carbocycles. The number of hydrogen-bond donors (Lipinski definition) is 0. The van der Waals surface area contributed by atoms with Gasteiger partial charge in [0.1, 0.15) is 0 Å². The number of anilines is 4. The summed E-state index contributed by atoms with van der Waals surface area (Å²) in [6.45, 7) is 0. The fraction of sp³-hybridized carbons (Fsp3) is 0.0714. The van der Waals surface area contributed by atoms with Crippen LogP contribution in [-0.2, 0) is 6.42 Å². The van der Waals surface area contributed by atoms with E-state index in [2.05, 4.69) is 216 Å². The molecule has 0 radical (unpaired) electrons. The minimum atomic E-state index is 0.957. The van der Waals surface area contributed by atoms with Crippen molar-refractivity contribution in [2.75, 3.05) is 9.80 Å². The highest BCUT2D eigenvalue weighted by molar-refractivity contribution is 6.26. The molecule has 276 valence electrons. The summed E-state index contributed by atoms with van der Waals surface area (Å²) in [7, 11) is 0. The van der Waals surface area contributed by atoms with E-state index in [0.717, 1.165) is 37.1 Å². The van der Waals surface area contributed by atoms with Crippen LogP contribution in [-0.4, -0.2) is 0 Å². The SMILES string of the molecule is C1=CC(N(c2ccccc2)c2ccc(-c3cc4cc(N(C5=Cc6ccccc6CC5)c5ccc6ccccc6c5)c5ccccc5c4c4ccccc34)cc2)=CCC1. The fourth-order valence-electron chi connectivity index (χ4n) is 9.33. The number of para-hydroxylation sites is 1. The second-order valence-corrected chi connectivity index (χ2v) is 15.5. The first kappa shape index (κ1) is 34.1. The first-order chi connectivity index (χ1) is 28.8. The molecule has 0 aliphatic heterocycles. The molecule has 0 N–H and O–H groups in total. The standard InChI is InChI=1S/C56H42N2/c1-3-19-45(20-4-1)57(46-21-5-2-6-22-46)47-31-29-41(30-32-47)54-37-44-38-55(51-24-12-14-26-53(51)56(44)52-25-13-11-23-50(52)54)58(48-33-27-39-15-7-9-17-42(39)35-48)49-34-28-40-16-8-10-18-43(40)36-49/h1,3-5,7-27,29-33,35-38H,2,6,28,34H2. The van der Waals surface area contributed by atoms with Gasteiger partial charge in [-0.05, 0) is 146 Å². The van der Waals surface area contributed by atoms with E-state index < -0.39 is 0 Å². The molecule has 2 aliphatic carbocycles. The highest BCUT2D eigenvalue weighted by Gasteiger charge is 2.23. The van der Waals surface area contributed by atoms with Crippen molar-refractivity contribution in [1.82, 2.24) is 0 Å². The topological polar surface area (TPSA) is 6.48 Å². The Morgan fingerprint density at radius 2 is 1.10 bits per heavy atom. The van der Waals surface area contributed by atoms with E-state index in [4.69, 9.17) is 0 Å². The van der Waals surface area contributed by atoms with E-state index in [9.17, 15) is 0 Å². The number of rotatable bonds is 7. The molecule has 0 bridgehead atoms. The van der Waals surface area contributed by atoms with Gasteiger partial charge in [-0.25, -0.2) is 0 Å². The van der Waals surface area contributed by atoms with Gasteiger partial charge in [0.05, 0.1) is 5.69 Å². The number of hydrogen-bond acceptors (Lipinski definition) is 2. The van der Waals surface area contributed by atoms with Crippen LogP contribution >= 0.6 is 0 Å². The summed E-state index contributed by atoms with van der Waals surface area (Å²) in [4.78, 5) is 4.91. The molecule has 0 atom stereocenters. The zero-order chi connectivity index (χ0) is 38.4. The highest BCUT2D eigenvalue weighted by Crippen LogP contribution is 2.46. The van der Waals surface area contributed by atoms with Gasteiger partial charge in [-0.2, -0.15) is 0 Å². The van der Waals surface area contributed by atoms with E-state index in [1.807, 2.05) is 0 Å². The molecule has 0 heterocycles. The van der Waals surface area contributed by atoms with Crippen molar-refractivity contribution in [1.29, 1.82) is 0 Å². The maximum Gasteiger partial charge on any atom is 0.0543 e. The Labute approximate surface area is 339 Å². The highest BCUT2D eigenvalue weighted by atomic mass is 15.2. The Morgan fingerprint density at radius 1 is 0.431 bits per heavy atom. The predicted molar refractivity (Wildman–Crippen MR) is 248 cm³/mol. The Hall–Kier alpha value is -7.16. The summed E-state index contributed by atoms with van der Waals surface area (Å²) < 4.78 is 0. The molecule has 2 nitrogen and oxygen atoms in total. The molecule has 2 aliphatic rings. The van der Waals surface area contributed by atoms with Crippen molar-refractivity contribution >= 4 is 71.9 Å². The summed E-state index contributed by atoms with van der Waals surface area (Å²) in [5.74, 6) is 0. The van der Waals surface area contributed by atoms with Crippen LogP contribution in [0.3, 0.4) is 0 Å². The van der Waals surface area contributed by atoms with Crippen molar-refractivity contribution in [2.24, 2.45) is 0 Å². The number of benzene rings is 9. The average Bonchev–Trinajstić information content (AvgIpc) is 3.30. The van der Waals surface area contributed by atoms with Gasteiger partial charge in [-0.3, -0.25) is 0 Å². The summed E-state index contributed by atoms with van der Waals surface area (Å²) >= 11 is 0. The fourth-order valence-corrected chi connectivity index (χ4v) is 9.33. The van der Waals surface area contributed by atoms with Crippen LogP contribution in [0, 0.1) is 0 Å². The molecule has 11 rings (SSSR count). The molecule has 0 aromatic heterocycles. The monoisotopic (exact) mass is 742 g/mol. The quantitative estimate of drug-likeness (QED) is 0.150. The minimum absolute atomic E-state index is 0.957. The van der Waals surface area contributed by atoms with Crippen LogP contribution < -0.4 is 9.80 Å². The molecule has 0 saturated heterocycles. The van der Waals surface area contributed by atoms with Crippen LogP contribution in [0.5, 0.6) is 0 Å². The Kier molecular flexibility index (Phi) is 8.47. The smallest absolute Gasteiger partial charge is 0.0543 e. The van der Waals surface area contributed by atoms with E-state index in [-0.39, 0.29) is 0 Å². The summed E-state index contributed by atoms with van der Waals surface area (Å²) in [6, 6.07) is 67.2. The summed E-state index contributed by atoms with van der Waals surface area (Å²) in [5, 5.41) is 10.1. The first-order valence-corrected chi connectivity index (χ1v) is 20.5. The zero-order valence-corrected chi connectivity index (χ0v) is 32.4. The van der Waals surface area contributed by atoms with Crippen LogP contribution in [0.1, 0.15) is 30.4 Å². The predicted octanol–water partition coefficient (Wildman–Crippen LogP) is 15.5. The summed E-state index contributed by atoms with van der Waals surface area (Å²) in [5.41, 5.74) is 12.4. The molecule has 58 heavy (non-hydrogen) atoms. The maximum absolute atomic E-state index is 2.54. The van der Waals surface area contributed by atoms with Gasteiger partial charge in [0.2, 0.25) is 0 Å². The van der Waals surface area contributed by atoms with Gasteiger partial charge >= 0.3 is 0 Å². The molecule has 2 heteroatoms. The van der Waals surface area contributed by atoms with Crippen molar-refractivity contribution in [3.05, 3.63) is 223 Å². The van der Waals surface area contributed by atoms with E-state index in [0.29, 0.717) is 0 Å². The Morgan fingerprint density at radius 3 is 1.91 bits per heavy atom. The minimum Gasteiger partial charge on any atom is -0.314 e. The third-order valence-electron chi connectivity index (χ3n) is 12.1. The van der Waals surface area contributed by atoms with Crippen LogP contribution in [0.25, 0.3) is 60.3 Å². The van der Waals surface area contributed by atoms with Crippen LogP contribution in [0.2, 0.25) is 0 Å². The lowest BCUT2D eigenvalue weighted by Gasteiger charge is -2.32. The molecule has 0 unspecified atom stereocenters. The molecular weight excluding hydrogens is 701 g/mol. The van der Waals surface area contributed by atoms with Gasteiger partial charge in [-0.15, -0.1) is 0 Å². The normalized spacial score (nSPS) is 13.7. The van der Waals surface area contributed by atoms with Crippen molar-refractivity contribution in [2.45, 2.75) is 25.7 Å². The lowest BCUT2D eigenvalue weighted by Crippen LogP contribution is -2.19. The van der Waals surface area contributed by atoms with Gasteiger partial charge < -0.3 is 9.80 Å². The molecule has 9 aromatic carbocycles. The zero-order valence-electron chi connectivity index (χ0n) is 32.4. The van der Waals surface area contributed by atoms with E-state index in [1.165, 1.54) is 88.1 Å². The molecule has 0 amide bonds. The molecular formula is C56H42N2. The lowest BCUT2D eigenvalue weighted by molar-refractivity contribution is 0.896. The third-order valence-corrected chi connectivity index (χ3v) is 12.1. The largest absolute Gasteiger partial charge is 0.314 e. The number of fused-ring (bicyclic) bond motifs is 7. The average molecular weight is 743 g/mol. The van der Waals surface area contributed by atoms with Gasteiger partial charge in [0.25, 0.3) is 0 Å². The number of nitrogens with zero attached hydrogens (tertiary/aromatic N) is 2. The van der Waals surface area contributed by atoms with E-state index >= 15 is 0 Å². The van der Waals surface area contributed by atoms with Crippen molar-refractivity contribution < 1.29 is 0 Å². The Bertz CT molecular complexity index is 3110. The van der Waals surface area contributed by atoms with Gasteiger partial charge in [0, 0.05) is 33.8 Å². The summed E-state index contributed by atoms with van der Waals surface area (Å²) in [6.07, 6.45) is 13.4. The molecule has 0 spiro atoms. The van der Waals surface area contributed by atoms with Gasteiger partial charge in [-0.1, -0.05) is 146 Å². The van der Waals surface area contributed by atoms with E-state index in [1.54, 1.807) is 0 Å². The third kappa shape index (κ3) is 5.97. The molecule has 9 aromatic rings. The number of allylic oxidation sites excluding steroid dienone is 4. The van der Waals surface area contributed by atoms with Crippen LogP contribution in [0.15, 0.2) is 212 Å². The van der Waals surface area contributed by atoms with Crippen molar-refractivity contribution in [3.8, 4) is 11.1 Å². The first-order valence-electron chi connectivity index (χ1n) is 20.5. The van der Waals surface area contributed by atoms with Crippen molar-refractivity contribution in [3.63, 3.8) is 0 Å². The van der Waals surface area contributed by atoms with Gasteiger partial charge in [0.15, 0.2) is 0 Å². The lowest BCUT2D eigenvalue weighted by atomic mass is 9.89. The maximum atomic E-state index is 2.54. The molecule has 0 fully saturated rings. The number of aryl methyl sites for hydroxylation is 1. The second-order valence-electron chi connectivity index (χ2n) is 15.5.